The molecular weight excluding hydrogens is 261 g/mol. The Hall–Kier alpha value is -1.52. The second kappa shape index (κ2) is 4.77. The normalized spacial score (nSPS) is 10.3. The highest BCUT2D eigenvalue weighted by Crippen LogP contribution is 2.29. The standard InChI is InChI=1S/C11H9Cl2N3O/c1-6-15-10(14)5-11(16-6)17-7-2-3-8(12)9(13)4-7/h2-5H,1H3,(H2,14,15,16). The Bertz CT molecular complexity index is 540. The van der Waals surface area contributed by atoms with Gasteiger partial charge in [0.1, 0.15) is 17.4 Å². The summed E-state index contributed by atoms with van der Waals surface area (Å²) in [6.07, 6.45) is 0. The van der Waals surface area contributed by atoms with Crippen molar-refractivity contribution in [1.29, 1.82) is 0 Å². The van der Waals surface area contributed by atoms with Crippen LogP contribution in [0.3, 0.4) is 0 Å². The monoisotopic (exact) mass is 269 g/mol. The van der Waals surface area contributed by atoms with Gasteiger partial charge in [-0.3, -0.25) is 0 Å². The first-order chi connectivity index (χ1) is 8.04. The Kier molecular flexibility index (Phi) is 3.36. The zero-order valence-corrected chi connectivity index (χ0v) is 10.5. The molecule has 6 heteroatoms. The van der Waals surface area contributed by atoms with Crippen molar-refractivity contribution in [2.75, 3.05) is 5.73 Å². The van der Waals surface area contributed by atoms with Gasteiger partial charge in [0.05, 0.1) is 10.0 Å². The van der Waals surface area contributed by atoms with Crippen LogP contribution in [0.15, 0.2) is 24.3 Å². The van der Waals surface area contributed by atoms with Gasteiger partial charge in [-0.05, 0) is 19.1 Å². The van der Waals surface area contributed by atoms with Crippen LogP contribution in [0, 0.1) is 6.92 Å². The summed E-state index contributed by atoms with van der Waals surface area (Å²) in [4.78, 5) is 8.04. The zero-order chi connectivity index (χ0) is 12.4. The lowest BCUT2D eigenvalue weighted by atomic mass is 10.3. The van der Waals surface area contributed by atoms with E-state index in [2.05, 4.69) is 9.97 Å². The first-order valence-corrected chi connectivity index (χ1v) is 5.54. The Morgan fingerprint density at radius 1 is 1.12 bits per heavy atom. The number of aryl methyl sites for hydroxylation is 1. The molecule has 1 aromatic heterocycles. The number of hydrogen-bond acceptors (Lipinski definition) is 4. The van der Waals surface area contributed by atoms with Crippen LogP contribution in [0.1, 0.15) is 5.82 Å². The molecule has 0 spiro atoms. The van der Waals surface area contributed by atoms with Gasteiger partial charge in [0.15, 0.2) is 0 Å². The zero-order valence-electron chi connectivity index (χ0n) is 8.95. The minimum absolute atomic E-state index is 0.354. The Morgan fingerprint density at radius 3 is 2.53 bits per heavy atom. The summed E-state index contributed by atoms with van der Waals surface area (Å²) in [5.74, 6) is 1.80. The van der Waals surface area contributed by atoms with Crippen molar-refractivity contribution in [3.05, 3.63) is 40.1 Å². The Balaban J connectivity index is 2.28. The van der Waals surface area contributed by atoms with Gasteiger partial charge in [0.2, 0.25) is 5.88 Å². The summed E-state index contributed by atoms with van der Waals surface area (Å²) in [6.45, 7) is 1.73. The van der Waals surface area contributed by atoms with E-state index in [1.54, 1.807) is 25.1 Å². The van der Waals surface area contributed by atoms with Gasteiger partial charge in [0, 0.05) is 12.1 Å². The van der Waals surface area contributed by atoms with Crippen LogP contribution < -0.4 is 10.5 Å². The number of rotatable bonds is 2. The van der Waals surface area contributed by atoms with Crippen LogP contribution in [-0.4, -0.2) is 9.97 Å². The summed E-state index contributed by atoms with van der Waals surface area (Å²) in [5, 5.41) is 0.889. The number of anilines is 1. The van der Waals surface area contributed by atoms with Crippen molar-refractivity contribution in [3.63, 3.8) is 0 Å². The maximum absolute atomic E-state index is 5.87. The van der Waals surface area contributed by atoms with Gasteiger partial charge < -0.3 is 10.5 Å². The van der Waals surface area contributed by atoms with E-state index in [0.717, 1.165) is 0 Å². The molecule has 0 unspecified atom stereocenters. The number of nitrogen functional groups attached to an aromatic ring is 1. The average Bonchev–Trinajstić information content (AvgIpc) is 2.22. The van der Waals surface area contributed by atoms with E-state index in [0.29, 0.717) is 33.3 Å². The average molecular weight is 270 g/mol. The van der Waals surface area contributed by atoms with E-state index in [1.807, 2.05) is 0 Å². The molecule has 0 saturated heterocycles. The van der Waals surface area contributed by atoms with E-state index >= 15 is 0 Å². The molecule has 0 aliphatic rings. The summed E-state index contributed by atoms with van der Waals surface area (Å²) in [7, 11) is 0. The van der Waals surface area contributed by atoms with Crippen molar-refractivity contribution < 1.29 is 4.74 Å². The Labute approximate surface area is 108 Å². The fraction of sp³-hybridized carbons (Fsp3) is 0.0909. The maximum atomic E-state index is 5.87. The quantitative estimate of drug-likeness (QED) is 0.907. The third-order valence-corrected chi connectivity index (χ3v) is 2.69. The van der Waals surface area contributed by atoms with Gasteiger partial charge in [-0.15, -0.1) is 0 Å². The fourth-order valence-corrected chi connectivity index (χ4v) is 1.56. The fourth-order valence-electron chi connectivity index (χ4n) is 1.28. The maximum Gasteiger partial charge on any atom is 0.224 e. The molecule has 17 heavy (non-hydrogen) atoms. The first-order valence-electron chi connectivity index (χ1n) is 4.78. The minimum atomic E-state index is 0.354. The van der Waals surface area contributed by atoms with Crippen LogP contribution in [0.5, 0.6) is 11.6 Å². The number of nitrogens with two attached hydrogens (primary N) is 1. The topological polar surface area (TPSA) is 61.0 Å². The smallest absolute Gasteiger partial charge is 0.224 e. The summed E-state index contributed by atoms with van der Waals surface area (Å²) < 4.78 is 5.50. The molecule has 0 amide bonds. The van der Waals surface area contributed by atoms with Crippen molar-refractivity contribution in [1.82, 2.24) is 9.97 Å². The van der Waals surface area contributed by atoms with E-state index in [-0.39, 0.29) is 0 Å². The number of ether oxygens (including phenoxy) is 1. The molecule has 0 radical (unpaired) electrons. The van der Waals surface area contributed by atoms with E-state index in [9.17, 15) is 0 Å². The lowest BCUT2D eigenvalue weighted by Crippen LogP contribution is -1.97. The van der Waals surface area contributed by atoms with E-state index < -0.39 is 0 Å². The van der Waals surface area contributed by atoms with Crippen LogP contribution in [0.25, 0.3) is 0 Å². The predicted molar refractivity (Wildman–Crippen MR) is 67.7 cm³/mol. The van der Waals surface area contributed by atoms with Crippen molar-refractivity contribution in [2.45, 2.75) is 6.92 Å². The van der Waals surface area contributed by atoms with Gasteiger partial charge in [-0.2, -0.15) is 4.98 Å². The van der Waals surface area contributed by atoms with Gasteiger partial charge in [0.25, 0.3) is 0 Å². The molecule has 2 N–H and O–H groups in total. The van der Waals surface area contributed by atoms with E-state index in [1.165, 1.54) is 6.07 Å². The third-order valence-electron chi connectivity index (χ3n) is 1.95. The first kappa shape index (κ1) is 12.0. The number of halogens is 2. The summed E-state index contributed by atoms with van der Waals surface area (Å²) in [5.41, 5.74) is 5.59. The number of aromatic nitrogens is 2. The van der Waals surface area contributed by atoms with Crippen LogP contribution in [0.2, 0.25) is 10.0 Å². The largest absolute Gasteiger partial charge is 0.439 e. The molecule has 0 fully saturated rings. The van der Waals surface area contributed by atoms with E-state index in [4.69, 9.17) is 33.7 Å². The predicted octanol–water partition coefficient (Wildman–Crippen LogP) is 3.47. The molecule has 4 nitrogen and oxygen atoms in total. The van der Waals surface area contributed by atoms with Gasteiger partial charge in [-0.1, -0.05) is 23.2 Å². The van der Waals surface area contributed by atoms with Crippen LogP contribution in [-0.2, 0) is 0 Å². The SMILES string of the molecule is Cc1nc(N)cc(Oc2ccc(Cl)c(Cl)c2)n1. The van der Waals surface area contributed by atoms with Crippen molar-refractivity contribution >= 4 is 29.0 Å². The lowest BCUT2D eigenvalue weighted by Gasteiger charge is -2.06. The highest BCUT2D eigenvalue weighted by molar-refractivity contribution is 6.42. The van der Waals surface area contributed by atoms with Crippen LogP contribution >= 0.6 is 23.2 Å². The molecule has 2 aromatic rings. The van der Waals surface area contributed by atoms with Gasteiger partial charge in [-0.25, -0.2) is 4.98 Å². The molecule has 88 valence electrons. The molecule has 1 heterocycles. The number of nitrogens with zero attached hydrogens (tertiary/aromatic N) is 2. The summed E-state index contributed by atoms with van der Waals surface area (Å²) >= 11 is 11.7. The Morgan fingerprint density at radius 2 is 1.88 bits per heavy atom. The molecule has 1 aromatic carbocycles. The van der Waals surface area contributed by atoms with Crippen molar-refractivity contribution in [3.8, 4) is 11.6 Å². The molecule has 0 atom stereocenters. The second-order valence-corrected chi connectivity index (χ2v) is 4.17. The van der Waals surface area contributed by atoms with Crippen LogP contribution in [0.4, 0.5) is 5.82 Å². The molecule has 0 bridgehead atoms. The number of hydrogen-bond donors (Lipinski definition) is 1. The van der Waals surface area contributed by atoms with Gasteiger partial charge >= 0.3 is 0 Å². The molecule has 0 saturated carbocycles. The van der Waals surface area contributed by atoms with Crippen molar-refractivity contribution in [2.24, 2.45) is 0 Å². The highest BCUT2D eigenvalue weighted by Gasteiger charge is 2.04. The summed E-state index contributed by atoms with van der Waals surface area (Å²) in [6, 6.07) is 6.49. The third kappa shape index (κ3) is 2.99. The second-order valence-electron chi connectivity index (χ2n) is 3.36. The lowest BCUT2D eigenvalue weighted by molar-refractivity contribution is 0.460. The molecule has 0 aliphatic carbocycles. The number of benzene rings is 1. The molecule has 2 rings (SSSR count). The minimum Gasteiger partial charge on any atom is -0.439 e. The molecular formula is C11H9Cl2N3O. The molecule has 0 aliphatic heterocycles. The highest BCUT2D eigenvalue weighted by atomic mass is 35.5.